The molecule has 0 radical (unpaired) electrons. The first-order valence-electron chi connectivity index (χ1n) is 6.51. The molecule has 0 fully saturated rings. The van der Waals surface area contributed by atoms with Crippen molar-refractivity contribution < 1.29 is 4.74 Å². The highest BCUT2D eigenvalue weighted by Crippen LogP contribution is 2.26. The normalized spacial score (nSPS) is 12.3. The second-order valence-electron chi connectivity index (χ2n) is 4.59. The van der Waals surface area contributed by atoms with Crippen molar-refractivity contribution in [1.82, 2.24) is 15.0 Å². The smallest absolute Gasteiger partial charge is 0.140 e. The van der Waals surface area contributed by atoms with Crippen LogP contribution < -0.4 is 0 Å². The summed E-state index contributed by atoms with van der Waals surface area (Å²) >= 11 is 5.92. The van der Waals surface area contributed by atoms with Crippen molar-refractivity contribution >= 4 is 11.6 Å². The Morgan fingerprint density at radius 1 is 1.10 bits per heavy atom. The largest absolute Gasteiger partial charge is 0.369 e. The molecule has 5 heteroatoms. The molecule has 3 aromatic rings. The highest BCUT2D eigenvalue weighted by Gasteiger charge is 2.17. The van der Waals surface area contributed by atoms with Gasteiger partial charge in [-0.15, -0.1) is 0 Å². The highest BCUT2D eigenvalue weighted by molar-refractivity contribution is 6.30. The van der Waals surface area contributed by atoms with Crippen LogP contribution in [-0.2, 0) is 4.74 Å². The summed E-state index contributed by atoms with van der Waals surface area (Å²) in [7, 11) is 1.66. The van der Waals surface area contributed by atoms with Crippen molar-refractivity contribution in [1.29, 1.82) is 0 Å². The van der Waals surface area contributed by atoms with Crippen LogP contribution in [0.4, 0.5) is 0 Å². The molecule has 0 spiro atoms. The van der Waals surface area contributed by atoms with E-state index in [0.717, 1.165) is 22.6 Å². The van der Waals surface area contributed by atoms with Crippen LogP contribution in [0.1, 0.15) is 17.5 Å². The summed E-state index contributed by atoms with van der Waals surface area (Å²) in [6.07, 6.45) is 5.05. The molecule has 0 aliphatic carbocycles. The monoisotopic (exact) mass is 299 g/mol. The first kappa shape index (κ1) is 13.8. The molecule has 0 saturated heterocycles. The van der Waals surface area contributed by atoms with E-state index in [1.807, 2.05) is 36.4 Å². The molecular weight excluding hydrogens is 286 g/mol. The lowest BCUT2D eigenvalue weighted by Gasteiger charge is -2.13. The molecule has 0 aliphatic rings. The third-order valence-corrected chi connectivity index (χ3v) is 3.50. The van der Waals surface area contributed by atoms with Gasteiger partial charge < -0.3 is 9.72 Å². The Bertz CT molecular complexity index is 710. The van der Waals surface area contributed by atoms with Gasteiger partial charge in [-0.05, 0) is 29.8 Å². The molecular formula is C16H14ClN3O. The number of hydrogen-bond donors (Lipinski definition) is 1. The molecule has 0 saturated carbocycles. The van der Waals surface area contributed by atoms with E-state index >= 15 is 0 Å². The summed E-state index contributed by atoms with van der Waals surface area (Å²) in [5.74, 6) is 0.756. The minimum absolute atomic E-state index is 0.252. The number of benzene rings is 1. The summed E-state index contributed by atoms with van der Waals surface area (Å²) in [6.45, 7) is 0. The Hall–Kier alpha value is -2.17. The fourth-order valence-corrected chi connectivity index (χ4v) is 2.32. The van der Waals surface area contributed by atoms with Crippen molar-refractivity contribution in [3.05, 3.63) is 71.4 Å². The van der Waals surface area contributed by atoms with Crippen LogP contribution in [-0.4, -0.2) is 22.1 Å². The number of ether oxygens (including phenoxy) is 1. The second-order valence-corrected chi connectivity index (χ2v) is 5.02. The number of aromatic amines is 1. The number of methoxy groups -OCH3 is 1. The summed E-state index contributed by atoms with van der Waals surface area (Å²) in [5.41, 5.74) is 2.97. The van der Waals surface area contributed by atoms with E-state index in [-0.39, 0.29) is 6.10 Å². The van der Waals surface area contributed by atoms with E-state index in [1.54, 1.807) is 25.7 Å². The Kier molecular flexibility index (Phi) is 3.99. The zero-order valence-electron chi connectivity index (χ0n) is 11.5. The molecule has 3 rings (SSSR count). The summed E-state index contributed by atoms with van der Waals surface area (Å²) in [6, 6.07) is 11.4. The van der Waals surface area contributed by atoms with E-state index in [2.05, 4.69) is 15.0 Å². The molecule has 2 heterocycles. The average molecular weight is 300 g/mol. The zero-order valence-corrected chi connectivity index (χ0v) is 12.2. The van der Waals surface area contributed by atoms with Gasteiger partial charge in [-0.1, -0.05) is 23.7 Å². The minimum atomic E-state index is -0.252. The van der Waals surface area contributed by atoms with Gasteiger partial charge in [0.1, 0.15) is 11.9 Å². The fourth-order valence-electron chi connectivity index (χ4n) is 2.19. The van der Waals surface area contributed by atoms with Gasteiger partial charge in [0.25, 0.3) is 0 Å². The van der Waals surface area contributed by atoms with Crippen molar-refractivity contribution in [3.8, 4) is 11.3 Å². The maximum Gasteiger partial charge on any atom is 0.140 e. The topological polar surface area (TPSA) is 50.8 Å². The predicted molar refractivity (Wildman–Crippen MR) is 82.1 cm³/mol. The molecule has 2 aromatic heterocycles. The number of halogens is 1. The van der Waals surface area contributed by atoms with Gasteiger partial charge in [0, 0.05) is 30.1 Å². The van der Waals surface area contributed by atoms with Crippen LogP contribution in [0.15, 0.2) is 55.0 Å². The van der Waals surface area contributed by atoms with E-state index < -0.39 is 0 Å². The third kappa shape index (κ3) is 2.96. The number of hydrogen-bond acceptors (Lipinski definition) is 3. The number of nitrogens with one attached hydrogen (secondary N) is 1. The maximum absolute atomic E-state index is 5.92. The highest BCUT2D eigenvalue weighted by atomic mass is 35.5. The summed E-state index contributed by atoms with van der Waals surface area (Å²) in [5, 5.41) is 0.700. The first-order valence-corrected chi connectivity index (χ1v) is 6.89. The van der Waals surface area contributed by atoms with Gasteiger partial charge >= 0.3 is 0 Å². The number of aromatic nitrogens is 3. The van der Waals surface area contributed by atoms with Gasteiger partial charge in [0.15, 0.2) is 0 Å². The Labute approximate surface area is 127 Å². The maximum atomic E-state index is 5.92. The summed E-state index contributed by atoms with van der Waals surface area (Å²) in [4.78, 5) is 11.7. The van der Waals surface area contributed by atoms with Gasteiger partial charge in [-0.2, -0.15) is 0 Å². The zero-order chi connectivity index (χ0) is 14.7. The average Bonchev–Trinajstić information content (AvgIpc) is 3.00. The molecule has 1 atom stereocenters. The van der Waals surface area contributed by atoms with Crippen LogP contribution >= 0.6 is 11.6 Å². The Balaban J connectivity index is 1.92. The SMILES string of the molecule is COC(c1ccc(Cl)cc1)c1ncc(-c2ccncc2)[nH]1. The molecule has 106 valence electrons. The Morgan fingerprint density at radius 2 is 1.81 bits per heavy atom. The van der Waals surface area contributed by atoms with Crippen LogP contribution in [0.3, 0.4) is 0 Å². The molecule has 0 bridgehead atoms. The fraction of sp³-hybridized carbons (Fsp3) is 0.125. The second kappa shape index (κ2) is 6.08. The van der Waals surface area contributed by atoms with Gasteiger partial charge in [0.2, 0.25) is 0 Å². The van der Waals surface area contributed by atoms with Gasteiger partial charge in [0.05, 0.1) is 11.9 Å². The number of H-pyrrole nitrogens is 1. The number of pyridine rings is 1. The van der Waals surface area contributed by atoms with Crippen molar-refractivity contribution in [2.45, 2.75) is 6.10 Å². The molecule has 21 heavy (non-hydrogen) atoms. The van der Waals surface area contributed by atoms with E-state index in [4.69, 9.17) is 16.3 Å². The number of imidazole rings is 1. The molecule has 1 unspecified atom stereocenters. The number of rotatable bonds is 4. The summed E-state index contributed by atoms with van der Waals surface area (Å²) < 4.78 is 5.56. The lowest BCUT2D eigenvalue weighted by molar-refractivity contribution is 0.130. The standard InChI is InChI=1S/C16H14ClN3O/c1-21-15(12-2-4-13(17)5-3-12)16-19-10-14(20-16)11-6-8-18-9-7-11/h2-10,15H,1H3,(H,19,20). The van der Waals surface area contributed by atoms with Crippen LogP contribution in [0.5, 0.6) is 0 Å². The molecule has 1 N–H and O–H groups in total. The molecule has 4 nitrogen and oxygen atoms in total. The third-order valence-electron chi connectivity index (χ3n) is 3.24. The lowest BCUT2D eigenvalue weighted by atomic mass is 10.1. The van der Waals surface area contributed by atoms with E-state index in [9.17, 15) is 0 Å². The predicted octanol–water partition coefficient (Wildman–Crippen LogP) is 3.86. The van der Waals surface area contributed by atoms with Crippen molar-refractivity contribution in [2.75, 3.05) is 7.11 Å². The van der Waals surface area contributed by atoms with Gasteiger partial charge in [-0.3, -0.25) is 4.98 Å². The van der Waals surface area contributed by atoms with Crippen LogP contribution in [0, 0.1) is 0 Å². The van der Waals surface area contributed by atoms with Gasteiger partial charge in [-0.25, -0.2) is 4.98 Å². The van der Waals surface area contributed by atoms with E-state index in [1.165, 1.54) is 0 Å². The lowest BCUT2D eigenvalue weighted by Crippen LogP contribution is -2.05. The molecule has 1 aromatic carbocycles. The Morgan fingerprint density at radius 3 is 2.48 bits per heavy atom. The molecule has 0 amide bonds. The van der Waals surface area contributed by atoms with Crippen molar-refractivity contribution in [3.63, 3.8) is 0 Å². The number of nitrogens with zero attached hydrogens (tertiary/aromatic N) is 2. The van der Waals surface area contributed by atoms with Crippen LogP contribution in [0.2, 0.25) is 5.02 Å². The van der Waals surface area contributed by atoms with Crippen LogP contribution in [0.25, 0.3) is 11.3 Å². The molecule has 0 aliphatic heterocycles. The quantitative estimate of drug-likeness (QED) is 0.796. The van der Waals surface area contributed by atoms with E-state index in [0.29, 0.717) is 5.02 Å². The minimum Gasteiger partial charge on any atom is -0.369 e. The first-order chi connectivity index (χ1) is 10.3. The van der Waals surface area contributed by atoms with Crippen molar-refractivity contribution in [2.24, 2.45) is 0 Å².